The summed E-state index contributed by atoms with van der Waals surface area (Å²) < 4.78 is 1.54. The molecule has 122 valence electrons. The quantitative estimate of drug-likeness (QED) is 0.688. The average molecular weight is 316 g/mol. The topological polar surface area (TPSA) is 98.8 Å². The third-order valence-electron chi connectivity index (χ3n) is 4.40. The van der Waals surface area contributed by atoms with E-state index in [2.05, 4.69) is 27.2 Å². The van der Waals surface area contributed by atoms with Gasteiger partial charge in [-0.1, -0.05) is 19.8 Å². The summed E-state index contributed by atoms with van der Waals surface area (Å²) in [5.41, 5.74) is 0.255. The minimum Gasteiger partial charge on any atom is -0.351 e. The van der Waals surface area contributed by atoms with Crippen LogP contribution in [0.5, 0.6) is 0 Å². The third-order valence-corrected chi connectivity index (χ3v) is 4.40. The van der Waals surface area contributed by atoms with Gasteiger partial charge in [-0.2, -0.15) is 4.98 Å². The fourth-order valence-electron chi connectivity index (χ4n) is 3.09. The standard InChI is InChI=1S/C15H20N6O2/c1-10-5-3-4-6-12(10)18-15-17-11(2)13(21(22)23)14(19-15)20-8-7-16-9-20/h7-10,12H,3-6H2,1-2H3,(H,17,18,19)/t10-,12-/m0/s1. The molecule has 2 aromatic rings. The van der Waals surface area contributed by atoms with Crippen LogP contribution in [-0.2, 0) is 0 Å². The zero-order valence-corrected chi connectivity index (χ0v) is 13.3. The summed E-state index contributed by atoms with van der Waals surface area (Å²) in [6.07, 6.45) is 9.39. The zero-order chi connectivity index (χ0) is 16.4. The van der Waals surface area contributed by atoms with Crippen LogP contribution in [0.2, 0.25) is 0 Å². The monoisotopic (exact) mass is 316 g/mol. The number of anilines is 1. The number of nitrogens with zero attached hydrogens (tertiary/aromatic N) is 5. The number of aromatic nitrogens is 4. The molecular formula is C15H20N6O2. The van der Waals surface area contributed by atoms with Crippen LogP contribution in [0.25, 0.3) is 5.82 Å². The molecule has 0 unspecified atom stereocenters. The predicted octanol–water partition coefficient (Wildman–Crippen LogP) is 2.87. The van der Waals surface area contributed by atoms with E-state index in [4.69, 9.17) is 0 Å². The van der Waals surface area contributed by atoms with E-state index in [0.717, 1.165) is 6.42 Å². The van der Waals surface area contributed by atoms with Gasteiger partial charge in [0.05, 0.1) is 4.92 Å². The van der Waals surface area contributed by atoms with Gasteiger partial charge in [-0.3, -0.25) is 14.7 Å². The van der Waals surface area contributed by atoms with Gasteiger partial charge in [-0.25, -0.2) is 9.97 Å². The van der Waals surface area contributed by atoms with Gasteiger partial charge in [-0.05, 0) is 25.7 Å². The first-order valence-electron chi connectivity index (χ1n) is 7.84. The summed E-state index contributed by atoms with van der Waals surface area (Å²) in [5, 5.41) is 14.7. The van der Waals surface area contributed by atoms with Crippen LogP contribution >= 0.6 is 0 Å². The molecule has 1 aliphatic rings. The molecule has 8 heteroatoms. The molecule has 0 aromatic carbocycles. The lowest BCUT2D eigenvalue weighted by Gasteiger charge is -2.29. The van der Waals surface area contributed by atoms with Crippen molar-refractivity contribution in [3.63, 3.8) is 0 Å². The number of hydrogen-bond acceptors (Lipinski definition) is 6. The molecule has 23 heavy (non-hydrogen) atoms. The number of rotatable bonds is 4. The third kappa shape index (κ3) is 3.15. The normalized spacial score (nSPS) is 21.1. The lowest BCUT2D eigenvalue weighted by Crippen LogP contribution is -2.31. The highest BCUT2D eigenvalue weighted by Gasteiger charge is 2.26. The summed E-state index contributed by atoms with van der Waals surface area (Å²) in [6.45, 7) is 3.85. The largest absolute Gasteiger partial charge is 0.351 e. The fraction of sp³-hybridized carbons (Fsp3) is 0.533. The Morgan fingerprint density at radius 2 is 2.13 bits per heavy atom. The maximum Gasteiger partial charge on any atom is 0.333 e. The Kier molecular flexibility index (Phi) is 4.22. The van der Waals surface area contributed by atoms with Crippen molar-refractivity contribution in [3.8, 4) is 5.82 Å². The van der Waals surface area contributed by atoms with Crippen molar-refractivity contribution < 1.29 is 4.92 Å². The zero-order valence-electron chi connectivity index (χ0n) is 13.3. The molecule has 1 N–H and O–H groups in total. The highest BCUT2D eigenvalue weighted by Crippen LogP contribution is 2.29. The first-order chi connectivity index (χ1) is 11.1. The van der Waals surface area contributed by atoms with Crippen LogP contribution in [0, 0.1) is 23.0 Å². The number of imidazole rings is 1. The van der Waals surface area contributed by atoms with Gasteiger partial charge >= 0.3 is 5.69 Å². The highest BCUT2D eigenvalue weighted by molar-refractivity contribution is 5.53. The van der Waals surface area contributed by atoms with Gasteiger partial charge in [0.2, 0.25) is 11.8 Å². The van der Waals surface area contributed by atoms with E-state index in [1.165, 1.54) is 25.6 Å². The van der Waals surface area contributed by atoms with E-state index < -0.39 is 4.92 Å². The van der Waals surface area contributed by atoms with Gasteiger partial charge in [0.25, 0.3) is 0 Å². The van der Waals surface area contributed by atoms with Crippen LogP contribution in [-0.4, -0.2) is 30.5 Å². The van der Waals surface area contributed by atoms with Gasteiger partial charge in [-0.15, -0.1) is 0 Å². The van der Waals surface area contributed by atoms with Crippen molar-refractivity contribution in [2.75, 3.05) is 5.32 Å². The summed E-state index contributed by atoms with van der Waals surface area (Å²) in [6, 6.07) is 0.306. The SMILES string of the molecule is Cc1nc(N[C@H]2CCCC[C@@H]2C)nc(-n2ccnc2)c1[N+](=O)[O-]. The van der Waals surface area contributed by atoms with Crippen molar-refractivity contribution >= 4 is 11.6 Å². The molecule has 2 aromatic heterocycles. The predicted molar refractivity (Wildman–Crippen MR) is 85.6 cm³/mol. The minimum atomic E-state index is -0.447. The maximum absolute atomic E-state index is 11.4. The van der Waals surface area contributed by atoms with E-state index in [1.54, 1.807) is 23.9 Å². The van der Waals surface area contributed by atoms with Crippen molar-refractivity contribution in [2.45, 2.75) is 45.6 Å². The summed E-state index contributed by atoms with van der Waals surface area (Å²) >= 11 is 0. The van der Waals surface area contributed by atoms with E-state index in [-0.39, 0.29) is 11.5 Å². The molecule has 0 aliphatic heterocycles. The number of nitrogens with one attached hydrogen (secondary N) is 1. The van der Waals surface area contributed by atoms with E-state index in [0.29, 0.717) is 23.6 Å². The van der Waals surface area contributed by atoms with Crippen molar-refractivity contribution in [1.82, 2.24) is 19.5 Å². The summed E-state index contributed by atoms with van der Waals surface area (Å²) in [5.74, 6) is 1.22. The molecule has 2 heterocycles. The van der Waals surface area contributed by atoms with E-state index in [9.17, 15) is 10.1 Å². The first kappa shape index (κ1) is 15.4. The number of nitro groups is 1. The lowest BCUT2D eigenvalue weighted by atomic mass is 9.86. The van der Waals surface area contributed by atoms with Crippen LogP contribution in [0.3, 0.4) is 0 Å². The molecule has 1 aliphatic carbocycles. The molecule has 1 saturated carbocycles. The molecule has 3 rings (SSSR count). The number of hydrogen-bond donors (Lipinski definition) is 1. The first-order valence-corrected chi connectivity index (χ1v) is 7.84. The molecule has 1 fully saturated rings. The number of aryl methyl sites for hydroxylation is 1. The van der Waals surface area contributed by atoms with Crippen LogP contribution in [0.4, 0.5) is 11.6 Å². The second-order valence-corrected chi connectivity index (χ2v) is 6.04. The molecule has 2 atom stereocenters. The smallest absolute Gasteiger partial charge is 0.333 e. The van der Waals surface area contributed by atoms with Gasteiger partial charge in [0.1, 0.15) is 12.0 Å². The van der Waals surface area contributed by atoms with Crippen LogP contribution in [0.1, 0.15) is 38.3 Å². The van der Waals surface area contributed by atoms with Crippen molar-refractivity contribution in [1.29, 1.82) is 0 Å². The second kappa shape index (κ2) is 6.31. The Labute approximate surface area is 134 Å². The molecule has 0 amide bonds. The average Bonchev–Trinajstić information content (AvgIpc) is 3.03. The van der Waals surface area contributed by atoms with Gasteiger partial charge < -0.3 is 5.32 Å². The molecule has 0 radical (unpaired) electrons. The van der Waals surface area contributed by atoms with Crippen molar-refractivity contribution in [3.05, 3.63) is 34.5 Å². The Hall–Kier alpha value is -2.51. The molecular weight excluding hydrogens is 296 g/mol. The highest BCUT2D eigenvalue weighted by atomic mass is 16.6. The van der Waals surface area contributed by atoms with Gasteiger partial charge in [0, 0.05) is 18.4 Å². The Bertz CT molecular complexity index is 700. The van der Waals surface area contributed by atoms with Crippen LogP contribution < -0.4 is 5.32 Å². The molecule has 0 saturated heterocycles. The van der Waals surface area contributed by atoms with Crippen LogP contribution in [0.15, 0.2) is 18.7 Å². The van der Waals surface area contributed by atoms with E-state index in [1.807, 2.05) is 0 Å². The van der Waals surface area contributed by atoms with Gasteiger partial charge in [0.15, 0.2) is 0 Å². The molecule has 8 nitrogen and oxygen atoms in total. The summed E-state index contributed by atoms with van der Waals surface area (Å²) in [7, 11) is 0. The van der Waals surface area contributed by atoms with E-state index >= 15 is 0 Å². The Morgan fingerprint density at radius 3 is 2.78 bits per heavy atom. The summed E-state index contributed by atoms with van der Waals surface area (Å²) in [4.78, 5) is 23.5. The maximum atomic E-state index is 11.4. The Morgan fingerprint density at radius 1 is 1.35 bits per heavy atom. The second-order valence-electron chi connectivity index (χ2n) is 6.04. The fourth-order valence-corrected chi connectivity index (χ4v) is 3.09. The molecule has 0 spiro atoms. The van der Waals surface area contributed by atoms with Crippen molar-refractivity contribution in [2.24, 2.45) is 5.92 Å². The Balaban J connectivity index is 1.97. The molecule has 0 bridgehead atoms. The lowest BCUT2D eigenvalue weighted by molar-refractivity contribution is -0.385. The minimum absolute atomic E-state index is 0.0924.